The Balaban J connectivity index is 2.75. The Kier molecular flexibility index (Phi) is 4.64. The van der Waals surface area contributed by atoms with Crippen LogP contribution in [0, 0.1) is 11.6 Å². The lowest BCUT2D eigenvalue weighted by Crippen LogP contribution is -2.34. The number of rotatable bonds is 5. The second-order valence-electron chi connectivity index (χ2n) is 3.40. The molecule has 0 aliphatic rings. The predicted octanol–water partition coefficient (Wildman–Crippen LogP) is 2.38. The molecule has 1 atom stereocenters. The number of ether oxygens (including phenoxy) is 2. The fourth-order valence-corrected chi connectivity index (χ4v) is 1.43. The SMILES string of the molecule is COC(OC)C(C)Nc1cc(F)ccc1F. The average Bonchev–Trinajstić information content (AvgIpc) is 2.25. The third kappa shape index (κ3) is 3.15. The number of nitrogens with one attached hydrogen (secondary N) is 1. The average molecular weight is 231 g/mol. The number of halogens is 2. The molecule has 1 aromatic carbocycles. The topological polar surface area (TPSA) is 30.5 Å². The van der Waals surface area contributed by atoms with Crippen molar-refractivity contribution < 1.29 is 18.3 Å². The summed E-state index contributed by atoms with van der Waals surface area (Å²) in [5.41, 5.74) is 0.0894. The largest absolute Gasteiger partial charge is 0.375 e. The summed E-state index contributed by atoms with van der Waals surface area (Å²) in [4.78, 5) is 0. The van der Waals surface area contributed by atoms with Gasteiger partial charge in [-0.3, -0.25) is 0 Å². The van der Waals surface area contributed by atoms with Crippen LogP contribution in [0.1, 0.15) is 6.92 Å². The fraction of sp³-hybridized carbons (Fsp3) is 0.455. The second-order valence-corrected chi connectivity index (χ2v) is 3.40. The van der Waals surface area contributed by atoms with Crippen LogP contribution in [-0.2, 0) is 9.47 Å². The van der Waals surface area contributed by atoms with Gasteiger partial charge in [0.1, 0.15) is 11.6 Å². The van der Waals surface area contributed by atoms with Gasteiger partial charge < -0.3 is 14.8 Å². The van der Waals surface area contributed by atoms with Crippen LogP contribution in [-0.4, -0.2) is 26.6 Å². The molecule has 0 radical (unpaired) electrons. The molecule has 1 aromatic rings. The molecule has 3 nitrogen and oxygen atoms in total. The van der Waals surface area contributed by atoms with Crippen LogP contribution in [0.2, 0.25) is 0 Å². The quantitative estimate of drug-likeness (QED) is 0.789. The minimum absolute atomic E-state index is 0.0894. The van der Waals surface area contributed by atoms with Crippen LogP contribution in [0.25, 0.3) is 0 Å². The molecule has 0 heterocycles. The van der Waals surface area contributed by atoms with Crippen molar-refractivity contribution in [1.29, 1.82) is 0 Å². The lowest BCUT2D eigenvalue weighted by molar-refractivity contribution is -0.109. The van der Waals surface area contributed by atoms with E-state index in [1.165, 1.54) is 14.2 Å². The second kappa shape index (κ2) is 5.77. The molecular formula is C11H15F2NO2. The van der Waals surface area contributed by atoms with Gasteiger partial charge in [-0.15, -0.1) is 0 Å². The van der Waals surface area contributed by atoms with Crippen LogP contribution in [0.3, 0.4) is 0 Å². The first-order chi connectivity index (χ1) is 7.58. The molecule has 0 saturated heterocycles. The van der Waals surface area contributed by atoms with Crippen molar-refractivity contribution in [2.45, 2.75) is 19.3 Å². The maximum Gasteiger partial charge on any atom is 0.176 e. The van der Waals surface area contributed by atoms with Crippen LogP contribution >= 0.6 is 0 Å². The Morgan fingerprint density at radius 2 is 1.81 bits per heavy atom. The van der Waals surface area contributed by atoms with E-state index in [0.717, 1.165) is 18.2 Å². The lowest BCUT2D eigenvalue weighted by atomic mass is 10.2. The van der Waals surface area contributed by atoms with E-state index >= 15 is 0 Å². The number of anilines is 1. The maximum absolute atomic E-state index is 13.3. The minimum Gasteiger partial charge on any atom is -0.375 e. The number of hydrogen-bond donors (Lipinski definition) is 1. The molecule has 0 aliphatic carbocycles. The molecule has 0 aromatic heterocycles. The van der Waals surface area contributed by atoms with Gasteiger partial charge in [-0.25, -0.2) is 8.78 Å². The molecule has 0 spiro atoms. The van der Waals surface area contributed by atoms with Gasteiger partial charge in [-0.2, -0.15) is 0 Å². The van der Waals surface area contributed by atoms with Gasteiger partial charge in [0, 0.05) is 14.2 Å². The summed E-state index contributed by atoms with van der Waals surface area (Å²) >= 11 is 0. The van der Waals surface area contributed by atoms with Gasteiger partial charge in [-0.05, 0) is 25.1 Å². The van der Waals surface area contributed by atoms with E-state index in [-0.39, 0.29) is 11.7 Å². The summed E-state index contributed by atoms with van der Waals surface area (Å²) in [6.07, 6.45) is -0.525. The highest BCUT2D eigenvalue weighted by molar-refractivity contribution is 5.45. The minimum atomic E-state index is -0.525. The van der Waals surface area contributed by atoms with Crippen molar-refractivity contribution in [2.75, 3.05) is 19.5 Å². The third-order valence-corrected chi connectivity index (χ3v) is 2.18. The van der Waals surface area contributed by atoms with Gasteiger partial charge in [0.2, 0.25) is 0 Å². The van der Waals surface area contributed by atoms with Gasteiger partial charge in [0.15, 0.2) is 6.29 Å². The zero-order valence-corrected chi connectivity index (χ0v) is 9.46. The molecule has 16 heavy (non-hydrogen) atoms. The molecule has 1 unspecified atom stereocenters. The maximum atomic E-state index is 13.3. The Labute approximate surface area is 93.4 Å². The lowest BCUT2D eigenvalue weighted by Gasteiger charge is -2.23. The summed E-state index contributed by atoms with van der Waals surface area (Å²) in [6, 6.07) is 2.92. The van der Waals surface area contributed by atoms with Crippen LogP contribution in [0.15, 0.2) is 18.2 Å². The van der Waals surface area contributed by atoms with Crippen molar-refractivity contribution in [2.24, 2.45) is 0 Å². The summed E-state index contributed by atoms with van der Waals surface area (Å²) in [7, 11) is 2.96. The Morgan fingerprint density at radius 3 is 2.38 bits per heavy atom. The summed E-state index contributed by atoms with van der Waals surface area (Å²) < 4.78 is 36.2. The van der Waals surface area contributed by atoms with E-state index in [0.29, 0.717) is 0 Å². The van der Waals surface area contributed by atoms with Gasteiger partial charge >= 0.3 is 0 Å². The highest BCUT2D eigenvalue weighted by atomic mass is 19.1. The zero-order valence-electron chi connectivity index (χ0n) is 9.46. The molecule has 90 valence electrons. The molecule has 0 aliphatic heterocycles. The Bertz CT molecular complexity index is 343. The molecule has 1 rings (SSSR count). The summed E-state index contributed by atoms with van der Waals surface area (Å²) in [5.74, 6) is -1.01. The standard InChI is InChI=1S/C11H15F2NO2/c1-7(11(15-2)16-3)14-10-6-8(12)4-5-9(10)13/h4-7,11,14H,1-3H3. The number of hydrogen-bond acceptors (Lipinski definition) is 3. The Morgan fingerprint density at radius 1 is 1.19 bits per heavy atom. The Hall–Kier alpha value is -1.20. The fourth-order valence-electron chi connectivity index (χ4n) is 1.43. The molecule has 0 amide bonds. The van der Waals surface area contributed by atoms with E-state index in [2.05, 4.69) is 5.32 Å². The molecular weight excluding hydrogens is 216 g/mol. The van der Waals surface area contributed by atoms with Crippen LogP contribution < -0.4 is 5.32 Å². The van der Waals surface area contributed by atoms with Crippen molar-refractivity contribution in [3.63, 3.8) is 0 Å². The first-order valence-electron chi connectivity index (χ1n) is 4.85. The van der Waals surface area contributed by atoms with E-state index in [1.54, 1.807) is 6.92 Å². The number of methoxy groups -OCH3 is 2. The summed E-state index contributed by atoms with van der Waals surface area (Å²) in [5, 5.41) is 2.79. The normalized spacial score (nSPS) is 12.9. The zero-order chi connectivity index (χ0) is 12.1. The van der Waals surface area contributed by atoms with Gasteiger partial charge in [0.25, 0.3) is 0 Å². The van der Waals surface area contributed by atoms with E-state index in [9.17, 15) is 8.78 Å². The van der Waals surface area contributed by atoms with E-state index in [1.807, 2.05) is 0 Å². The summed E-state index contributed by atoms with van der Waals surface area (Å²) in [6.45, 7) is 1.75. The predicted molar refractivity (Wildman–Crippen MR) is 57.2 cm³/mol. The number of benzene rings is 1. The van der Waals surface area contributed by atoms with Crippen LogP contribution in [0.4, 0.5) is 14.5 Å². The van der Waals surface area contributed by atoms with Crippen molar-refractivity contribution >= 4 is 5.69 Å². The first kappa shape index (κ1) is 12.9. The molecule has 0 fully saturated rings. The first-order valence-corrected chi connectivity index (χ1v) is 4.85. The van der Waals surface area contributed by atoms with Crippen LogP contribution in [0.5, 0.6) is 0 Å². The van der Waals surface area contributed by atoms with E-state index in [4.69, 9.17) is 9.47 Å². The highest BCUT2D eigenvalue weighted by Gasteiger charge is 2.17. The molecule has 0 bridgehead atoms. The highest BCUT2D eigenvalue weighted by Crippen LogP contribution is 2.17. The third-order valence-electron chi connectivity index (χ3n) is 2.18. The van der Waals surface area contributed by atoms with Gasteiger partial charge in [0.05, 0.1) is 11.7 Å². The van der Waals surface area contributed by atoms with Gasteiger partial charge in [-0.1, -0.05) is 0 Å². The van der Waals surface area contributed by atoms with Crippen molar-refractivity contribution in [1.82, 2.24) is 0 Å². The molecule has 5 heteroatoms. The molecule has 0 saturated carbocycles. The monoisotopic (exact) mass is 231 g/mol. The van der Waals surface area contributed by atoms with Crippen molar-refractivity contribution in [3.8, 4) is 0 Å². The smallest absolute Gasteiger partial charge is 0.176 e. The van der Waals surface area contributed by atoms with Crippen molar-refractivity contribution in [3.05, 3.63) is 29.8 Å². The van der Waals surface area contributed by atoms with E-state index < -0.39 is 17.9 Å². The molecule has 1 N–H and O–H groups in total.